The Kier molecular flexibility index (Phi) is 8.01. The van der Waals surface area contributed by atoms with E-state index in [2.05, 4.69) is 0 Å². The summed E-state index contributed by atoms with van der Waals surface area (Å²) in [6.45, 7) is 0. The molecule has 0 radical (unpaired) electrons. The van der Waals surface area contributed by atoms with Gasteiger partial charge in [0.2, 0.25) is 5.30 Å². The van der Waals surface area contributed by atoms with Crippen molar-refractivity contribution in [3.05, 3.63) is 19.8 Å². The van der Waals surface area contributed by atoms with Gasteiger partial charge in [-0.3, -0.25) is 4.57 Å². The first-order chi connectivity index (χ1) is 12.7. The first kappa shape index (κ1) is 29.0. The molecule has 0 aliphatic heterocycles. The first-order valence-electron chi connectivity index (χ1n) is 6.42. The number of hydrogen-bond acceptors (Lipinski definition) is 16. The fraction of sp³-hybridized carbons (Fsp3) is 0. The Labute approximate surface area is 164 Å². The zero-order chi connectivity index (χ0) is 24.5. The van der Waals surface area contributed by atoms with Crippen molar-refractivity contribution < 1.29 is 87.8 Å². The van der Waals surface area contributed by atoms with E-state index in [0.717, 1.165) is 0 Å². The third kappa shape index (κ3) is 6.07. The molecule has 0 aliphatic carbocycles. The molecule has 24 heteroatoms. The first-order valence-corrected chi connectivity index (χ1v) is 16.3. The summed E-state index contributed by atoms with van der Waals surface area (Å²) >= 11 is 0. The maximum atomic E-state index is 11.9. The molecule has 1 aromatic rings. The van der Waals surface area contributed by atoms with Crippen LogP contribution in [0.1, 0.15) is 0 Å². The topological polar surface area (TPSA) is 361 Å². The summed E-state index contributed by atoms with van der Waals surface area (Å²) in [7, 11) is -36.8. The lowest BCUT2D eigenvalue weighted by Crippen LogP contribution is -2.32. The van der Waals surface area contributed by atoms with Crippen LogP contribution in [0.5, 0.6) is 0 Å². The van der Waals surface area contributed by atoms with Gasteiger partial charge in [0.05, 0.1) is 14.8 Å². The molecule has 30 heavy (non-hydrogen) atoms. The molecule has 0 spiro atoms. The van der Waals surface area contributed by atoms with Gasteiger partial charge in [-0.25, -0.2) is 0 Å². The minimum atomic E-state index is -6.32. The van der Waals surface area contributed by atoms with E-state index in [1.54, 1.807) is 0 Å². The van der Waals surface area contributed by atoms with Crippen LogP contribution in [0, 0.1) is 19.8 Å². The largest absolute Gasteiger partial charge is 0.442 e. The second kappa shape index (κ2) is 8.30. The highest BCUT2D eigenvalue weighted by Gasteiger charge is 2.49. The molecule has 0 aliphatic rings. The van der Waals surface area contributed by atoms with E-state index >= 15 is 0 Å². The van der Waals surface area contributed by atoms with Crippen molar-refractivity contribution in [1.29, 1.82) is 0 Å². The third-order valence-corrected chi connectivity index (χ3v) is 10.5. The fourth-order valence-electron chi connectivity index (χ4n) is 2.37. The SMILES string of the molecule is O=P(O)(O)c1c([P+](O)(O)O)c(=P(O)(O)O)c(=P(O)(O)O)c(=P(O)(O)O)c1=P(O)(O)O. The van der Waals surface area contributed by atoms with Crippen LogP contribution in [0.2, 0.25) is 0 Å². The number of rotatable bonds is 2. The van der Waals surface area contributed by atoms with Gasteiger partial charge in [-0.2, -0.15) is 14.7 Å². The molecule has 1 rings (SSSR count). The Morgan fingerprint density at radius 3 is 0.933 bits per heavy atom. The molecule has 0 heterocycles. The summed E-state index contributed by atoms with van der Waals surface area (Å²) in [6.07, 6.45) is 0. The predicted molar refractivity (Wildman–Crippen MR) is 101 cm³/mol. The fourth-order valence-corrected chi connectivity index (χ4v) is 12.4. The Hall–Kier alpha value is 0.920. The van der Waals surface area contributed by atoms with Gasteiger partial charge in [-0.1, -0.05) is 0 Å². The maximum absolute atomic E-state index is 11.9. The summed E-state index contributed by atoms with van der Waals surface area (Å²) in [5.74, 6) is 0. The van der Waals surface area contributed by atoms with Gasteiger partial charge in [0, 0.05) is 0 Å². The van der Waals surface area contributed by atoms with Crippen molar-refractivity contribution in [2.24, 2.45) is 0 Å². The molecule has 0 aromatic heterocycles. The van der Waals surface area contributed by atoms with Crippen molar-refractivity contribution in [1.82, 2.24) is 0 Å². The van der Waals surface area contributed by atoms with Crippen LogP contribution in [-0.2, 0) is 4.57 Å². The molecule has 0 atom stereocenters. The Balaban J connectivity index is 5.68. The molecule has 18 nitrogen and oxygen atoms in total. The maximum Gasteiger partial charge on any atom is 0.442 e. The lowest BCUT2D eigenvalue weighted by molar-refractivity contribution is 0.339. The normalized spacial score (nSPS) is 15.0. The summed E-state index contributed by atoms with van der Waals surface area (Å²) in [6, 6.07) is 0. The molecule has 0 fully saturated rings. The monoisotopic (exact) mass is 563 g/mol. The summed E-state index contributed by atoms with van der Waals surface area (Å²) < 4.78 is 11.9. The van der Waals surface area contributed by atoms with Crippen LogP contribution in [0.25, 0.3) is 0 Å². The molecule has 0 bridgehead atoms. The minimum absolute atomic E-state index is 2.28. The van der Waals surface area contributed by atoms with Crippen LogP contribution in [0.15, 0.2) is 0 Å². The molecule has 17 N–H and O–H groups in total. The second-order valence-corrected chi connectivity index (χ2v) is 14.9. The second-order valence-electron chi connectivity index (χ2n) is 5.48. The van der Waals surface area contributed by atoms with Gasteiger partial charge < -0.3 is 68.5 Å². The van der Waals surface area contributed by atoms with Crippen LogP contribution < -0.4 is 10.6 Å². The van der Waals surface area contributed by atoms with E-state index in [-0.39, 0.29) is 0 Å². The zero-order valence-corrected chi connectivity index (χ0v) is 19.1. The molecule has 1 aromatic carbocycles. The summed E-state index contributed by atoms with van der Waals surface area (Å²) in [5, 5.41) is -4.68. The average Bonchev–Trinajstić information content (AvgIpc) is 2.37. The third-order valence-electron chi connectivity index (χ3n) is 3.14. The Bertz CT molecular complexity index is 1240. The van der Waals surface area contributed by atoms with Gasteiger partial charge in [-0.05, 0) is 0 Å². The van der Waals surface area contributed by atoms with Gasteiger partial charge >= 0.3 is 15.5 Å². The highest BCUT2D eigenvalue weighted by molar-refractivity contribution is 7.72. The van der Waals surface area contributed by atoms with Crippen molar-refractivity contribution >= 4 is 56.4 Å². The van der Waals surface area contributed by atoms with Crippen LogP contribution in [0.3, 0.4) is 0 Å². The van der Waals surface area contributed by atoms with Crippen molar-refractivity contribution in [2.75, 3.05) is 0 Å². The number of benzene rings is 1. The summed E-state index contributed by atoms with van der Waals surface area (Å²) in [5.41, 5.74) is 0. The van der Waals surface area contributed by atoms with E-state index in [1.165, 1.54) is 0 Å². The smallest absolute Gasteiger partial charge is 0.332 e. The molecule has 0 amide bonds. The van der Waals surface area contributed by atoms with Gasteiger partial charge in [0.15, 0.2) is 0 Å². The van der Waals surface area contributed by atoms with Gasteiger partial charge in [-0.15, -0.1) is 0 Å². The van der Waals surface area contributed by atoms with Gasteiger partial charge in [0.1, 0.15) is 10.2 Å². The van der Waals surface area contributed by atoms with Crippen LogP contribution in [-0.4, -0.2) is 83.2 Å². The molecule has 0 saturated heterocycles. The van der Waals surface area contributed by atoms with Crippen molar-refractivity contribution in [3.63, 3.8) is 0 Å². The molecular formula is C6H17O18P6+. The highest BCUT2D eigenvalue weighted by atomic mass is 31.2. The average molecular weight is 563 g/mol. The van der Waals surface area contributed by atoms with Crippen molar-refractivity contribution in [3.8, 4) is 0 Å². The lowest BCUT2D eigenvalue weighted by atomic mass is 10.3. The standard InChI is InChI=1S/C6H16O18P6/c7-25(8,9)1-2(26(10,11)12)4(28(16,17)18)6(30(22,23)24)5(29(19,20)21)3(1)27(13,14)15/h7-9H,(H13-,10,11,12,13,14,15,16,17,18,19,20,21,22,23,24)/p+1. The highest BCUT2D eigenvalue weighted by Crippen LogP contribution is 2.56. The summed E-state index contributed by atoms with van der Waals surface area (Å²) in [4.78, 5) is 153. The van der Waals surface area contributed by atoms with E-state index in [9.17, 15) is 87.8 Å². The van der Waals surface area contributed by atoms with E-state index < -0.39 is 76.2 Å². The molecule has 0 unspecified atom stereocenters. The molecular weight excluding hydrogens is 546 g/mol. The van der Waals surface area contributed by atoms with E-state index in [0.29, 0.717) is 0 Å². The van der Waals surface area contributed by atoms with E-state index in [1.807, 2.05) is 0 Å². The predicted octanol–water partition coefficient (Wildman–Crippen LogP) is -5.18. The Morgan fingerprint density at radius 1 is 0.467 bits per heavy atom. The molecule has 178 valence electrons. The number of hydrogen-bond donors (Lipinski definition) is 17. The minimum Gasteiger partial charge on any atom is -0.332 e. The quantitative estimate of drug-likeness (QED) is 0.149. The lowest BCUT2D eigenvalue weighted by Gasteiger charge is -2.20. The molecule has 0 saturated carbocycles. The van der Waals surface area contributed by atoms with Crippen LogP contribution in [0.4, 0.5) is 0 Å². The van der Waals surface area contributed by atoms with Crippen LogP contribution >= 0.6 is 45.8 Å². The van der Waals surface area contributed by atoms with Gasteiger partial charge in [0.25, 0.3) is 30.3 Å². The Morgan fingerprint density at radius 2 is 0.733 bits per heavy atom. The van der Waals surface area contributed by atoms with E-state index in [4.69, 9.17) is 0 Å². The zero-order valence-electron chi connectivity index (χ0n) is 13.7. The van der Waals surface area contributed by atoms with Crippen molar-refractivity contribution in [2.45, 2.75) is 0 Å².